The fourth-order valence-electron chi connectivity index (χ4n) is 3.44. The van der Waals surface area contributed by atoms with Gasteiger partial charge in [0.2, 0.25) is 0 Å². The summed E-state index contributed by atoms with van der Waals surface area (Å²) >= 11 is 0.124. The highest BCUT2D eigenvalue weighted by Gasteiger charge is 2.64. The van der Waals surface area contributed by atoms with Crippen molar-refractivity contribution in [1.29, 1.82) is 0 Å². The summed E-state index contributed by atoms with van der Waals surface area (Å²) in [5.74, 6) is -4.41. The van der Waals surface area contributed by atoms with Crippen LogP contribution in [0.4, 0.5) is 22.0 Å². The van der Waals surface area contributed by atoms with Gasteiger partial charge in [-0.15, -0.1) is 11.3 Å². The number of likely N-dealkylation sites (tertiary alicyclic amines) is 1. The van der Waals surface area contributed by atoms with E-state index >= 15 is 0 Å². The summed E-state index contributed by atoms with van der Waals surface area (Å²) in [6.45, 7) is -0.994. The van der Waals surface area contributed by atoms with Gasteiger partial charge in [-0.2, -0.15) is 13.2 Å². The summed E-state index contributed by atoms with van der Waals surface area (Å²) in [5, 5.41) is 8.77. The molecular formula is C13H13F5N2O2S. The van der Waals surface area contributed by atoms with Crippen LogP contribution in [-0.2, 0) is 6.18 Å². The third kappa shape index (κ3) is 2.51. The van der Waals surface area contributed by atoms with Gasteiger partial charge in [-0.1, -0.05) is 12.8 Å². The van der Waals surface area contributed by atoms with Gasteiger partial charge in [-0.3, -0.25) is 4.79 Å². The number of carbonyl (C=O) groups is 1. The number of carbonyl (C=O) groups excluding carboxylic acids is 1. The maximum atomic E-state index is 13.9. The van der Waals surface area contributed by atoms with Crippen molar-refractivity contribution in [3.05, 3.63) is 16.1 Å². The summed E-state index contributed by atoms with van der Waals surface area (Å²) in [6, 6.07) is 0. The zero-order chi connectivity index (χ0) is 17.0. The Kier molecular flexibility index (Phi) is 3.67. The van der Waals surface area contributed by atoms with Gasteiger partial charge >= 0.3 is 6.18 Å². The maximum Gasteiger partial charge on any atom is 0.443 e. The molecule has 1 unspecified atom stereocenters. The molecule has 1 aromatic heterocycles. The van der Waals surface area contributed by atoms with E-state index in [1.54, 1.807) is 0 Å². The first-order valence-corrected chi connectivity index (χ1v) is 7.80. The van der Waals surface area contributed by atoms with Crippen molar-refractivity contribution in [2.45, 2.75) is 49.4 Å². The molecule has 1 aliphatic carbocycles. The highest BCUT2D eigenvalue weighted by Crippen LogP contribution is 2.49. The lowest BCUT2D eigenvalue weighted by Gasteiger charge is -2.36. The molecule has 23 heavy (non-hydrogen) atoms. The fourth-order valence-corrected chi connectivity index (χ4v) is 4.17. The summed E-state index contributed by atoms with van der Waals surface area (Å²) in [5.41, 5.74) is -1.40. The van der Waals surface area contributed by atoms with Gasteiger partial charge in [0.25, 0.3) is 11.8 Å². The van der Waals surface area contributed by atoms with E-state index < -0.39 is 41.2 Å². The number of amides is 1. The van der Waals surface area contributed by atoms with E-state index in [0.29, 0.717) is 12.8 Å². The third-order valence-electron chi connectivity index (χ3n) is 4.49. The van der Waals surface area contributed by atoms with Crippen LogP contribution in [0.3, 0.4) is 0 Å². The third-order valence-corrected chi connectivity index (χ3v) is 5.52. The Morgan fingerprint density at radius 2 is 1.96 bits per heavy atom. The van der Waals surface area contributed by atoms with E-state index in [9.17, 15) is 31.9 Å². The Bertz CT molecular complexity index is 624. The Morgan fingerprint density at radius 3 is 2.48 bits per heavy atom. The number of halogens is 5. The van der Waals surface area contributed by atoms with Gasteiger partial charge in [-0.05, 0) is 12.8 Å². The van der Waals surface area contributed by atoms with Crippen LogP contribution >= 0.6 is 11.3 Å². The monoisotopic (exact) mass is 356 g/mol. The second kappa shape index (κ2) is 5.10. The van der Waals surface area contributed by atoms with E-state index in [4.69, 9.17) is 0 Å². The van der Waals surface area contributed by atoms with Crippen molar-refractivity contribution in [3.63, 3.8) is 0 Å². The van der Waals surface area contributed by atoms with Crippen LogP contribution in [0.5, 0.6) is 0 Å². The van der Waals surface area contributed by atoms with Crippen LogP contribution in [0.25, 0.3) is 0 Å². The zero-order valence-electron chi connectivity index (χ0n) is 11.7. The highest BCUT2D eigenvalue weighted by molar-refractivity contribution is 7.13. The predicted molar refractivity (Wildman–Crippen MR) is 70.3 cm³/mol. The van der Waals surface area contributed by atoms with Crippen molar-refractivity contribution in [2.24, 2.45) is 0 Å². The lowest BCUT2D eigenvalue weighted by molar-refractivity contribution is -0.137. The van der Waals surface area contributed by atoms with Gasteiger partial charge in [0.05, 0.1) is 18.3 Å². The normalized spacial score (nSPS) is 26.2. The molecule has 1 amide bonds. The van der Waals surface area contributed by atoms with Crippen LogP contribution in [0, 0.1) is 0 Å². The Hall–Kier alpha value is -1.29. The largest absolute Gasteiger partial charge is 0.443 e. The molecule has 1 spiro atoms. The number of hydrogen-bond donors (Lipinski definition) is 1. The van der Waals surface area contributed by atoms with Gasteiger partial charge in [-0.25, -0.2) is 13.8 Å². The van der Waals surface area contributed by atoms with Crippen LogP contribution < -0.4 is 0 Å². The van der Waals surface area contributed by atoms with Crippen molar-refractivity contribution < 1.29 is 31.9 Å². The van der Waals surface area contributed by atoms with Crippen molar-refractivity contribution >= 4 is 17.2 Å². The van der Waals surface area contributed by atoms with E-state index in [2.05, 4.69) is 4.98 Å². The molecule has 10 heteroatoms. The van der Waals surface area contributed by atoms with Gasteiger partial charge < -0.3 is 10.0 Å². The number of hydrogen-bond acceptors (Lipinski definition) is 4. The number of nitrogens with zero attached hydrogens (tertiary/aromatic N) is 2. The van der Waals surface area contributed by atoms with Crippen LogP contribution in [0.15, 0.2) is 6.20 Å². The number of aliphatic hydroxyl groups is 1. The topological polar surface area (TPSA) is 53.4 Å². The van der Waals surface area contributed by atoms with Crippen LogP contribution in [0.1, 0.15) is 40.4 Å². The van der Waals surface area contributed by atoms with Crippen molar-refractivity contribution in [3.8, 4) is 0 Å². The average Bonchev–Trinajstić information content (AvgIpc) is 3.14. The quantitative estimate of drug-likeness (QED) is 0.788. The summed E-state index contributed by atoms with van der Waals surface area (Å²) in [4.78, 5) is 16.1. The van der Waals surface area contributed by atoms with Crippen LogP contribution in [0.2, 0.25) is 0 Å². The molecule has 0 bridgehead atoms. The molecule has 2 fully saturated rings. The summed E-state index contributed by atoms with van der Waals surface area (Å²) < 4.78 is 65.6. The molecule has 1 N–H and O–H groups in total. The molecule has 0 aromatic carbocycles. The average molecular weight is 356 g/mol. The van der Waals surface area contributed by atoms with E-state index in [0.717, 1.165) is 11.1 Å². The molecule has 4 nitrogen and oxygen atoms in total. The molecule has 2 aliphatic rings. The zero-order valence-corrected chi connectivity index (χ0v) is 12.6. The first-order valence-electron chi connectivity index (χ1n) is 6.99. The Morgan fingerprint density at radius 1 is 1.35 bits per heavy atom. The van der Waals surface area contributed by atoms with Crippen molar-refractivity contribution in [1.82, 2.24) is 9.88 Å². The smallest absolute Gasteiger partial charge is 0.384 e. The van der Waals surface area contributed by atoms with E-state index in [-0.39, 0.29) is 29.1 Å². The maximum absolute atomic E-state index is 13.9. The molecule has 128 valence electrons. The molecule has 1 aromatic rings. The molecule has 3 rings (SSSR count). The number of thiazole rings is 1. The van der Waals surface area contributed by atoms with Crippen LogP contribution in [-0.4, -0.2) is 45.0 Å². The highest BCUT2D eigenvalue weighted by atomic mass is 32.1. The van der Waals surface area contributed by atoms with Gasteiger partial charge in [0.1, 0.15) is 11.0 Å². The molecule has 1 aliphatic heterocycles. The standard InChI is InChI=1S/C13H13F5N2O2S/c14-12(15)6-20(11(9(12)22)3-1-2-4-11)8(21)7-5-19-10(23-7)13(16,17)18/h5,9,22H,1-4,6H2. The second-order valence-electron chi connectivity index (χ2n) is 5.89. The number of rotatable bonds is 1. The first-order chi connectivity index (χ1) is 10.6. The lowest BCUT2D eigenvalue weighted by atomic mass is 9.90. The summed E-state index contributed by atoms with van der Waals surface area (Å²) in [7, 11) is 0. The minimum absolute atomic E-state index is 0.124. The molecule has 0 radical (unpaired) electrons. The van der Waals surface area contributed by atoms with E-state index in [1.165, 1.54) is 0 Å². The van der Waals surface area contributed by atoms with Crippen molar-refractivity contribution in [2.75, 3.05) is 6.54 Å². The molecule has 2 heterocycles. The number of alkyl halides is 5. The molecule has 1 saturated heterocycles. The lowest BCUT2D eigenvalue weighted by Crippen LogP contribution is -2.51. The minimum Gasteiger partial charge on any atom is -0.384 e. The molecule has 1 atom stereocenters. The number of aromatic nitrogens is 1. The van der Waals surface area contributed by atoms with E-state index in [1.807, 2.05) is 0 Å². The minimum atomic E-state index is -4.69. The van der Waals surface area contributed by atoms with Gasteiger partial charge in [0, 0.05) is 0 Å². The molecule has 1 saturated carbocycles. The summed E-state index contributed by atoms with van der Waals surface area (Å²) in [6.07, 6.45) is -4.37. The second-order valence-corrected chi connectivity index (χ2v) is 6.92. The predicted octanol–water partition coefficient (Wildman–Crippen LogP) is 2.93. The Balaban J connectivity index is 1.93. The van der Waals surface area contributed by atoms with Gasteiger partial charge in [0.15, 0.2) is 5.01 Å². The fraction of sp³-hybridized carbons (Fsp3) is 0.692. The molecular weight excluding hydrogens is 343 g/mol. The number of aliphatic hydroxyl groups excluding tert-OH is 1. The Labute approximate surface area is 131 Å². The SMILES string of the molecule is O=C(c1cnc(C(F)(F)F)s1)N1CC(F)(F)C(O)C12CCCC2. The first kappa shape index (κ1) is 16.6.